The highest BCUT2D eigenvalue weighted by molar-refractivity contribution is 5.95. The Morgan fingerprint density at radius 3 is 2.15 bits per heavy atom. The fourth-order valence-electron chi connectivity index (χ4n) is 3.16. The summed E-state index contributed by atoms with van der Waals surface area (Å²) in [6.45, 7) is 4.23. The van der Waals surface area contributed by atoms with E-state index in [-0.39, 0.29) is 24.5 Å². The molecule has 0 aliphatic rings. The van der Waals surface area contributed by atoms with E-state index >= 15 is 0 Å². The highest BCUT2D eigenvalue weighted by Gasteiger charge is 2.07. The van der Waals surface area contributed by atoms with Crippen LogP contribution in [0.3, 0.4) is 0 Å². The van der Waals surface area contributed by atoms with Crippen LogP contribution in [-0.2, 0) is 16.0 Å². The number of hydrogen-bond acceptors (Lipinski definition) is 4. The number of nitrogens with one attached hydrogen (secondary N) is 3. The normalized spacial score (nSPS) is 11.3. The van der Waals surface area contributed by atoms with Gasteiger partial charge < -0.3 is 20.7 Å². The van der Waals surface area contributed by atoms with Gasteiger partial charge in [-0.3, -0.25) is 9.59 Å². The minimum absolute atomic E-state index is 0.0650. The Kier molecular flexibility index (Phi) is 8.88. The van der Waals surface area contributed by atoms with E-state index in [1.165, 1.54) is 0 Å². The predicted octanol–water partition coefficient (Wildman–Crippen LogP) is 5.49. The van der Waals surface area contributed by atoms with Crippen molar-refractivity contribution < 1.29 is 14.3 Å². The number of carbonyl (C=O) groups excluding carboxylic acids is 2. The van der Waals surface area contributed by atoms with Gasteiger partial charge in [0, 0.05) is 23.5 Å². The summed E-state index contributed by atoms with van der Waals surface area (Å²) in [5.74, 6) is 0.564. The lowest BCUT2D eigenvalue weighted by atomic mass is 10.1. The van der Waals surface area contributed by atoms with Gasteiger partial charge in [0.15, 0.2) is 0 Å². The van der Waals surface area contributed by atoms with Crippen LogP contribution in [0.25, 0.3) is 0 Å². The van der Waals surface area contributed by atoms with Crippen molar-refractivity contribution in [1.29, 1.82) is 0 Å². The molecule has 6 nitrogen and oxygen atoms in total. The van der Waals surface area contributed by atoms with Gasteiger partial charge in [0.2, 0.25) is 11.8 Å². The molecule has 0 bridgehead atoms. The van der Waals surface area contributed by atoms with Gasteiger partial charge in [-0.2, -0.15) is 0 Å². The monoisotopic (exact) mass is 445 g/mol. The maximum Gasteiger partial charge on any atom is 0.243 e. The van der Waals surface area contributed by atoms with Crippen molar-refractivity contribution >= 4 is 28.9 Å². The van der Waals surface area contributed by atoms with Gasteiger partial charge in [-0.1, -0.05) is 43.3 Å². The lowest BCUT2D eigenvalue weighted by Crippen LogP contribution is -2.22. The quantitative estimate of drug-likeness (QED) is 0.365. The Morgan fingerprint density at radius 2 is 1.48 bits per heavy atom. The molecule has 0 aromatic heterocycles. The molecule has 3 aromatic rings. The number of aryl methyl sites for hydroxylation is 1. The zero-order valence-electron chi connectivity index (χ0n) is 19.1. The van der Waals surface area contributed by atoms with Crippen LogP contribution in [0.5, 0.6) is 5.75 Å². The molecule has 0 radical (unpaired) electrons. The SMILES string of the molecule is CCC(C)Oc1ccc(NCC(=O)Nc2cccc(NC(=O)CCc3ccccc3)c2)cc1. The molecule has 3 N–H and O–H groups in total. The van der Waals surface area contributed by atoms with Crippen molar-refractivity contribution in [3.05, 3.63) is 84.4 Å². The predicted molar refractivity (Wildman–Crippen MR) is 134 cm³/mol. The lowest BCUT2D eigenvalue weighted by Gasteiger charge is -2.13. The molecule has 6 heteroatoms. The van der Waals surface area contributed by atoms with E-state index in [0.29, 0.717) is 24.2 Å². The van der Waals surface area contributed by atoms with Crippen molar-refractivity contribution in [2.24, 2.45) is 0 Å². The molecule has 3 rings (SSSR count). The van der Waals surface area contributed by atoms with E-state index in [0.717, 1.165) is 23.4 Å². The smallest absolute Gasteiger partial charge is 0.243 e. The van der Waals surface area contributed by atoms with Gasteiger partial charge in [0.25, 0.3) is 0 Å². The van der Waals surface area contributed by atoms with Gasteiger partial charge in [-0.15, -0.1) is 0 Å². The van der Waals surface area contributed by atoms with E-state index in [9.17, 15) is 9.59 Å². The van der Waals surface area contributed by atoms with Crippen molar-refractivity contribution in [3.8, 4) is 5.75 Å². The Balaban J connectivity index is 1.44. The first-order chi connectivity index (χ1) is 16.0. The minimum Gasteiger partial charge on any atom is -0.491 e. The van der Waals surface area contributed by atoms with Crippen molar-refractivity contribution in [3.63, 3.8) is 0 Å². The van der Waals surface area contributed by atoms with Crippen LogP contribution in [0.4, 0.5) is 17.1 Å². The lowest BCUT2D eigenvalue weighted by molar-refractivity contribution is -0.116. The van der Waals surface area contributed by atoms with Crippen LogP contribution in [0.2, 0.25) is 0 Å². The first kappa shape index (κ1) is 23.9. The first-order valence-corrected chi connectivity index (χ1v) is 11.3. The van der Waals surface area contributed by atoms with E-state index < -0.39 is 0 Å². The zero-order valence-corrected chi connectivity index (χ0v) is 19.1. The summed E-state index contributed by atoms with van der Waals surface area (Å²) in [5.41, 5.74) is 3.23. The third-order valence-electron chi connectivity index (χ3n) is 5.13. The largest absolute Gasteiger partial charge is 0.491 e. The summed E-state index contributed by atoms with van der Waals surface area (Å²) >= 11 is 0. The van der Waals surface area contributed by atoms with Crippen LogP contribution < -0.4 is 20.7 Å². The highest BCUT2D eigenvalue weighted by atomic mass is 16.5. The number of ether oxygens (including phenoxy) is 1. The van der Waals surface area contributed by atoms with Gasteiger partial charge >= 0.3 is 0 Å². The molecule has 0 aliphatic heterocycles. The average molecular weight is 446 g/mol. The molecule has 2 amide bonds. The number of hydrogen-bond donors (Lipinski definition) is 3. The number of amides is 2. The van der Waals surface area contributed by atoms with Gasteiger partial charge in [-0.05, 0) is 67.8 Å². The molecule has 0 heterocycles. The topological polar surface area (TPSA) is 79.5 Å². The van der Waals surface area contributed by atoms with Crippen LogP contribution in [0.15, 0.2) is 78.9 Å². The zero-order chi connectivity index (χ0) is 23.5. The molecular weight excluding hydrogens is 414 g/mol. The first-order valence-electron chi connectivity index (χ1n) is 11.3. The molecule has 0 spiro atoms. The third-order valence-corrected chi connectivity index (χ3v) is 5.13. The fourth-order valence-corrected chi connectivity index (χ4v) is 3.16. The molecule has 3 aromatic carbocycles. The number of carbonyl (C=O) groups is 2. The number of anilines is 3. The Labute approximate surface area is 195 Å². The summed E-state index contributed by atoms with van der Waals surface area (Å²) in [5, 5.41) is 8.84. The molecule has 1 atom stereocenters. The second-order valence-electron chi connectivity index (χ2n) is 7.88. The molecule has 0 saturated heterocycles. The summed E-state index contributed by atoms with van der Waals surface area (Å²) in [7, 11) is 0. The van der Waals surface area contributed by atoms with E-state index in [4.69, 9.17) is 4.74 Å². The summed E-state index contributed by atoms with van der Waals surface area (Å²) in [6, 6.07) is 24.6. The molecule has 0 saturated carbocycles. The van der Waals surface area contributed by atoms with Crippen molar-refractivity contribution in [2.45, 2.75) is 39.2 Å². The number of benzene rings is 3. The highest BCUT2D eigenvalue weighted by Crippen LogP contribution is 2.18. The molecule has 33 heavy (non-hydrogen) atoms. The molecular formula is C27H31N3O3. The second kappa shape index (κ2) is 12.3. The summed E-state index contributed by atoms with van der Waals surface area (Å²) in [4.78, 5) is 24.6. The number of rotatable bonds is 11. The molecule has 1 unspecified atom stereocenters. The van der Waals surface area contributed by atoms with E-state index in [1.807, 2.05) is 61.5 Å². The van der Waals surface area contributed by atoms with E-state index in [2.05, 4.69) is 22.9 Å². The Morgan fingerprint density at radius 1 is 0.818 bits per heavy atom. The van der Waals surface area contributed by atoms with Crippen LogP contribution >= 0.6 is 0 Å². The second-order valence-corrected chi connectivity index (χ2v) is 7.88. The molecule has 0 fully saturated rings. The summed E-state index contributed by atoms with van der Waals surface area (Å²) in [6.07, 6.45) is 2.18. The van der Waals surface area contributed by atoms with Gasteiger partial charge in [-0.25, -0.2) is 0 Å². The Hall–Kier alpha value is -3.80. The van der Waals surface area contributed by atoms with E-state index in [1.54, 1.807) is 24.3 Å². The van der Waals surface area contributed by atoms with Crippen LogP contribution in [0, 0.1) is 0 Å². The standard InChI is InChI=1S/C27H31N3O3/c1-3-20(2)33-25-15-13-22(14-16-25)28-19-27(32)30-24-11-7-10-23(18-24)29-26(31)17-12-21-8-5-4-6-9-21/h4-11,13-16,18,20,28H,3,12,17,19H2,1-2H3,(H,29,31)(H,30,32). The van der Waals surface area contributed by atoms with Crippen LogP contribution in [-0.4, -0.2) is 24.5 Å². The molecule has 0 aliphatic carbocycles. The third kappa shape index (κ3) is 8.33. The fraction of sp³-hybridized carbons (Fsp3) is 0.259. The van der Waals surface area contributed by atoms with Gasteiger partial charge in [0.1, 0.15) is 5.75 Å². The van der Waals surface area contributed by atoms with Gasteiger partial charge in [0.05, 0.1) is 12.6 Å². The average Bonchev–Trinajstić information content (AvgIpc) is 2.83. The Bertz CT molecular complexity index is 1040. The molecule has 172 valence electrons. The van der Waals surface area contributed by atoms with Crippen molar-refractivity contribution in [2.75, 3.05) is 22.5 Å². The maximum atomic E-state index is 12.3. The van der Waals surface area contributed by atoms with Crippen LogP contribution in [0.1, 0.15) is 32.3 Å². The summed E-state index contributed by atoms with van der Waals surface area (Å²) < 4.78 is 5.76. The maximum absolute atomic E-state index is 12.3. The van der Waals surface area contributed by atoms with Crippen molar-refractivity contribution in [1.82, 2.24) is 0 Å². The minimum atomic E-state index is -0.178.